The Balaban J connectivity index is 0.000000266. The van der Waals surface area contributed by atoms with E-state index in [0.29, 0.717) is 30.1 Å². The number of halogens is 3. The van der Waals surface area contributed by atoms with Gasteiger partial charge in [0.25, 0.3) is 5.91 Å². The fourth-order valence-electron chi connectivity index (χ4n) is 4.97. The standard InChI is InChI=1S/C23H29F3N4O.C9H11N3O3/c1-2-3-4-5-6-7-8-9-14-27-21-13-15-30-17-20(28-22(30)29-21)18-11-10-12-19(16-18)31-23(24,25)26;1-11-7(9(14)15)6(5-10-11)8(13)12-3-2-4-12/h10-13,15-17H,2-9,14H2,1H3,(H,27,28,29);5H,2-4H2,1H3,(H,14,15). The van der Waals surface area contributed by atoms with Crippen molar-refractivity contribution in [3.05, 3.63) is 60.2 Å². The number of aryl methyl sites for hydroxylation is 1. The third kappa shape index (κ3) is 9.69. The highest BCUT2D eigenvalue weighted by atomic mass is 19.4. The van der Waals surface area contributed by atoms with Crippen LogP contribution >= 0.6 is 0 Å². The van der Waals surface area contributed by atoms with Crippen molar-refractivity contribution in [1.82, 2.24) is 29.0 Å². The minimum absolute atomic E-state index is 0.0492. The maximum Gasteiger partial charge on any atom is 0.573 e. The van der Waals surface area contributed by atoms with Crippen LogP contribution in [0.4, 0.5) is 19.0 Å². The van der Waals surface area contributed by atoms with E-state index in [1.807, 2.05) is 12.3 Å². The van der Waals surface area contributed by atoms with Crippen LogP contribution in [0.1, 0.15) is 85.6 Å². The molecule has 0 bridgehead atoms. The number of likely N-dealkylation sites (tertiary alicyclic amines) is 1. The van der Waals surface area contributed by atoms with Crippen molar-refractivity contribution >= 4 is 23.5 Å². The molecule has 2 N–H and O–H groups in total. The first kappa shape index (κ1) is 34.3. The van der Waals surface area contributed by atoms with Gasteiger partial charge in [-0.3, -0.25) is 13.9 Å². The molecule has 248 valence electrons. The van der Waals surface area contributed by atoms with Crippen molar-refractivity contribution in [2.75, 3.05) is 25.0 Å². The Labute approximate surface area is 265 Å². The van der Waals surface area contributed by atoms with Gasteiger partial charge >= 0.3 is 12.3 Å². The summed E-state index contributed by atoms with van der Waals surface area (Å²) in [7, 11) is 1.51. The Bertz CT molecular complexity index is 1600. The largest absolute Gasteiger partial charge is 0.573 e. The average Bonchev–Trinajstić information content (AvgIpc) is 3.58. The summed E-state index contributed by atoms with van der Waals surface area (Å²) in [5.74, 6) is -0.423. The molecule has 14 heteroatoms. The lowest BCUT2D eigenvalue weighted by Crippen LogP contribution is -2.42. The van der Waals surface area contributed by atoms with Crippen LogP contribution in [-0.4, -0.2) is 72.0 Å². The lowest BCUT2D eigenvalue weighted by molar-refractivity contribution is -0.274. The molecule has 1 aliphatic heterocycles. The SMILES string of the molecule is CCCCCCCCCCNc1ccn2cc(-c3cccc(OC(F)(F)F)c3)nc2n1.Cn1ncc(C(=O)N2CCC2)c1C(=O)O. The van der Waals surface area contributed by atoms with Gasteiger partial charge in [-0.25, -0.2) is 9.78 Å². The number of alkyl halides is 3. The second-order valence-electron chi connectivity index (χ2n) is 11.1. The van der Waals surface area contributed by atoms with Crippen molar-refractivity contribution < 1.29 is 32.6 Å². The first-order valence-corrected chi connectivity index (χ1v) is 15.6. The summed E-state index contributed by atoms with van der Waals surface area (Å²) in [5, 5.41) is 16.0. The van der Waals surface area contributed by atoms with Crippen molar-refractivity contribution in [3.63, 3.8) is 0 Å². The Hall–Kier alpha value is -4.62. The molecule has 1 amide bonds. The number of unbranched alkanes of at least 4 members (excludes halogenated alkanes) is 7. The second kappa shape index (κ2) is 16.1. The van der Waals surface area contributed by atoms with Crippen LogP contribution in [0, 0.1) is 0 Å². The summed E-state index contributed by atoms with van der Waals surface area (Å²) in [6, 6.07) is 7.64. The number of rotatable bonds is 14. The van der Waals surface area contributed by atoms with Gasteiger partial charge in [-0.05, 0) is 31.0 Å². The zero-order valence-electron chi connectivity index (χ0n) is 26.1. The normalized spacial score (nSPS) is 12.8. The van der Waals surface area contributed by atoms with Gasteiger partial charge in [0.05, 0.1) is 17.5 Å². The molecule has 11 nitrogen and oxygen atoms in total. The van der Waals surface area contributed by atoms with E-state index in [4.69, 9.17) is 5.11 Å². The molecule has 4 heterocycles. The van der Waals surface area contributed by atoms with E-state index < -0.39 is 12.3 Å². The molecule has 0 atom stereocenters. The minimum atomic E-state index is -4.73. The molecule has 3 aromatic heterocycles. The topological polar surface area (TPSA) is 127 Å². The molecular weight excluding hydrogens is 603 g/mol. The van der Waals surface area contributed by atoms with Crippen LogP contribution in [0.15, 0.2) is 48.9 Å². The highest BCUT2D eigenvalue weighted by molar-refractivity contribution is 6.03. The lowest BCUT2D eigenvalue weighted by atomic mass is 10.1. The number of hydrogen-bond acceptors (Lipinski definition) is 7. The van der Waals surface area contributed by atoms with Crippen LogP contribution in [0.2, 0.25) is 0 Å². The molecule has 0 saturated carbocycles. The summed E-state index contributed by atoms with van der Waals surface area (Å²) in [4.78, 5) is 33.2. The van der Waals surface area contributed by atoms with Gasteiger partial charge in [-0.15, -0.1) is 13.2 Å². The second-order valence-corrected chi connectivity index (χ2v) is 11.1. The molecule has 46 heavy (non-hydrogen) atoms. The summed E-state index contributed by atoms with van der Waals surface area (Å²) in [5.41, 5.74) is 1.18. The monoisotopic (exact) mass is 643 g/mol. The van der Waals surface area contributed by atoms with Gasteiger partial charge < -0.3 is 20.1 Å². The number of carboxylic acids is 1. The number of anilines is 1. The number of ether oxygens (including phenoxy) is 1. The highest BCUT2D eigenvalue weighted by Gasteiger charge is 2.31. The van der Waals surface area contributed by atoms with Gasteiger partial charge in [0.15, 0.2) is 5.69 Å². The zero-order valence-corrected chi connectivity index (χ0v) is 26.1. The zero-order chi connectivity index (χ0) is 33.1. The molecule has 1 saturated heterocycles. The number of amides is 1. The molecular formula is C32H40F3N7O4. The van der Waals surface area contributed by atoms with E-state index in [1.165, 1.54) is 81.1 Å². The third-order valence-corrected chi connectivity index (χ3v) is 7.54. The Morgan fingerprint density at radius 1 is 1.02 bits per heavy atom. The Morgan fingerprint density at radius 3 is 2.39 bits per heavy atom. The number of hydrogen-bond donors (Lipinski definition) is 2. The number of carbonyl (C=O) groups excluding carboxylic acids is 1. The van der Waals surface area contributed by atoms with Gasteiger partial charge in [-0.2, -0.15) is 10.1 Å². The van der Waals surface area contributed by atoms with E-state index >= 15 is 0 Å². The highest BCUT2D eigenvalue weighted by Crippen LogP contribution is 2.28. The number of fused-ring (bicyclic) bond motifs is 1. The van der Waals surface area contributed by atoms with Crippen LogP contribution in [0.25, 0.3) is 17.0 Å². The summed E-state index contributed by atoms with van der Waals surface area (Å²) >= 11 is 0. The summed E-state index contributed by atoms with van der Waals surface area (Å²) in [6.45, 7) is 4.48. The Morgan fingerprint density at radius 2 is 1.74 bits per heavy atom. The average molecular weight is 644 g/mol. The van der Waals surface area contributed by atoms with Crippen LogP contribution in [-0.2, 0) is 7.05 Å². The molecule has 1 aliphatic rings. The van der Waals surface area contributed by atoms with Crippen molar-refractivity contribution in [3.8, 4) is 17.0 Å². The minimum Gasteiger partial charge on any atom is -0.477 e. The first-order chi connectivity index (χ1) is 22.1. The van der Waals surface area contributed by atoms with E-state index in [0.717, 1.165) is 25.2 Å². The maximum absolute atomic E-state index is 12.5. The first-order valence-electron chi connectivity index (χ1n) is 15.6. The number of imidazole rings is 1. The maximum atomic E-state index is 12.5. The number of aromatic nitrogens is 5. The fraction of sp³-hybridized carbons (Fsp3) is 0.469. The van der Waals surface area contributed by atoms with Crippen LogP contribution in [0.5, 0.6) is 5.75 Å². The van der Waals surface area contributed by atoms with Crippen molar-refractivity contribution in [1.29, 1.82) is 0 Å². The number of benzene rings is 1. The molecule has 4 aromatic rings. The lowest BCUT2D eigenvalue weighted by Gasteiger charge is -2.30. The van der Waals surface area contributed by atoms with E-state index in [-0.39, 0.29) is 22.9 Å². The number of carbonyl (C=O) groups is 2. The smallest absolute Gasteiger partial charge is 0.477 e. The number of carboxylic acid groups (broad SMARTS) is 1. The molecule has 0 spiro atoms. The number of nitrogens with zero attached hydrogens (tertiary/aromatic N) is 6. The van der Waals surface area contributed by atoms with Gasteiger partial charge in [0, 0.05) is 44.6 Å². The van der Waals surface area contributed by atoms with Gasteiger partial charge in [0.2, 0.25) is 5.78 Å². The molecule has 0 unspecified atom stereocenters. The van der Waals surface area contributed by atoms with E-state index in [1.54, 1.807) is 21.6 Å². The predicted molar refractivity (Wildman–Crippen MR) is 167 cm³/mol. The molecule has 1 aromatic carbocycles. The van der Waals surface area contributed by atoms with Crippen LogP contribution < -0.4 is 10.1 Å². The number of nitrogens with one attached hydrogen (secondary N) is 1. The summed E-state index contributed by atoms with van der Waals surface area (Å²) < 4.78 is 44.3. The molecule has 1 fully saturated rings. The molecule has 5 rings (SSSR count). The van der Waals surface area contributed by atoms with Crippen molar-refractivity contribution in [2.24, 2.45) is 7.05 Å². The number of aromatic carboxylic acids is 1. The third-order valence-electron chi connectivity index (χ3n) is 7.54. The van der Waals surface area contributed by atoms with E-state index in [9.17, 15) is 22.8 Å². The predicted octanol–water partition coefficient (Wildman–Crippen LogP) is 6.81. The molecule has 0 aliphatic carbocycles. The van der Waals surface area contributed by atoms with E-state index in [2.05, 4.69) is 32.0 Å². The summed E-state index contributed by atoms with van der Waals surface area (Å²) in [6.07, 6.45) is 11.3. The van der Waals surface area contributed by atoms with Crippen molar-refractivity contribution in [2.45, 2.75) is 71.1 Å². The Kier molecular flexibility index (Phi) is 12.0. The quantitative estimate of drug-likeness (QED) is 0.144. The molecule has 0 radical (unpaired) electrons. The van der Waals surface area contributed by atoms with Gasteiger partial charge in [-0.1, -0.05) is 64.0 Å². The van der Waals surface area contributed by atoms with Gasteiger partial charge in [0.1, 0.15) is 11.6 Å². The van der Waals surface area contributed by atoms with Crippen LogP contribution in [0.3, 0.4) is 0 Å². The fourth-order valence-corrected chi connectivity index (χ4v) is 4.97.